The zero-order valence-electron chi connectivity index (χ0n) is 11.8. The number of carbonyl (C=O) groups excluding carboxylic acids is 1. The Kier molecular flexibility index (Phi) is 4.81. The fraction of sp³-hybridized carbons (Fsp3) is 0.533. The van der Waals surface area contributed by atoms with E-state index < -0.39 is 5.41 Å². The first-order valence-electron chi connectivity index (χ1n) is 6.88. The molecule has 1 aromatic rings. The zero-order valence-corrected chi connectivity index (χ0v) is 13.4. The topological polar surface area (TPSA) is 41.1 Å². The Balaban J connectivity index is 2.07. The number of amides is 1. The Labute approximate surface area is 127 Å². The molecular formula is C15H20BrFN2O. The van der Waals surface area contributed by atoms with Crippen LogP contribution in [0.1, 0.15) is 26.7 Å². The number of carbonyl (C=O) groups is 1. The van der Waals surface area contributed by atoms with E-state index in [1.54, 1.807) is 12.1 Å². The lowest BCUT2D eigenvalue weighted by Gasteiger charge is -2.36. The second-order valence-electron chi connectivity index (χ2n) is 5.85. The van der Waals surface area contributed by atoms with Crippen molar-refractivity contribution in [1.82, 2.24) is 5.32 Å². The van der Waals surface area contributed by atoms with Gasteiger partial charge in [-0.05, 0) is 66.0 Å². The number of hydrogen-bond acceptors (Lipinski definition) is 2. The van der Waals surface area contributed by atoms with Crippen LogP contribution >= 0.6 is 15.9 Å². The van der Waals surface area contributed by atoms with Gasteiger partial charge in [-0.15, -0.1) is 0 Å². The van der Waals surface area contributed by atoms with Gasteiger partial charge < -0.3 is 10.6 Å². The second kappa shape index (κ2) is 6.22. The van der Waals surface area contributed by atoms with Crippen LogP contribution in [0, 0.1) is 17.2 Å². The van der Waals surface area contributed by atoms with Gasteiger partial charge >= 0.3 is 0 Å². The molecule has 0 aliphatic carbocycles. The van der Waals surface area contributed by atoms with Gasteiger partial charge in [0, 0.05) is 11.1 Å². The molecule has 0 bridgehead atoms. The minimum atomic E-state index is -0.450. The lowest BCUT2D eigenvalue weighted by Crippen LogP contribution is -2.44. The van der Waals surface area contributed by atoms with Crippen LogP contribution in [0.25, 0.3) is 0 Å². The van der Waals surface area contributed by atoms with Crippen molar-refractivity contribution >= 4 is 27.5 Å². The van der Waals surface area contributed by atoms with Crippen molar-refractivity contribution < 1.29 is 9.18 Å². The van der Waals surface area contributed by atoms with Gasteiger partial charge in [-0.2, -0.15) is 0 Å². The molecule has 1 aromatic carbocycles. The van der Waals surface area contributed by atoms with Gasteiger partial charge in [0.15, 0.2) is 0 Å². The molecule has 1 fully saturated rings. The Morgan fingerprint density at radius 2 is 2.25 bits per heavy atom. The van der Waals surface area contributed by atoms with Crippen molar-refractivity contribution in [2.75, 3.05) is 18.4 Å². The van der Waals surface area contributed by atoms with Gasteiger partial charge in [0.1, 0.15) is 5.82 Å². The molecule has 2 rings (SSSR count). The van der Waals surface area contributed by atoms with Crippen molar-refractivity contribution in [3.05, 3.63) is 28.5 Å². The molecular weight excluding hydrogens is 323 g/mol. The highest BCUT2D eigenvalue weighted by Gasteiger charge is 2.37. The standard InChI is InChI=1S/C15H20BrFN2O/c1-15(2,10-4-3-7-18-9-10)14(20)19-11-5-6-13(17)12(16)8-11/h5-6,8,10,18H,3-4,7,9H2,1-2H3,(H,19,20). The summed E-state index contributed by atoms with van der Waals surface area (Å²) in [6, 6.07) is 4.50. The molecule has 0 saturated carbocycles. The molecule has 1 unspecified atom stereocenters. The summed E-state index contributed by atoms with van der Waals surface area (Å²) in [7, 11) is 0. The predicted molar refractivity (Wildman–Crippen MR) is 82.1 cm³/mol. The molecule has 110 valence electrons. The summed E-state index contributed by atoms with van der Waals surface area (Å²) in [6.07, 6.45) is 2.16. The molecule has 2 N–H and O–H groups in total. The first-order chi connectivity index (χ1) is 9.41. The van der Waals surface area contributed by atoms with E-state index in [0.29, 0.717) is 16.1 Å². The van der Waals surface area contributed by atoms with E-state index in [9.17, 15) is 9.18 Å². The maximum Gasteiger partial charge on any atom is 0.230 e. The van der Waals surface area contributed by atoms with E-state index in [1.165, 1.54) is 6.07 Å². The van der Waals surface area contributed by atoms with Gasteiger partial charge in [-0.3, -0.25) is 4.79 Å². The molecule has 5 heteroatoms. The molecule has 1 atom stereocenters. The van der Waals surface area contributed by atoms with Gasteiger partial charge in [-0.25, -0.2) is 4.39 Å². The summed E-state index contributed by atoms with van der Waals surface area (Å²) >= 11 is 3.13. The second-order valence-corrected chi connectivity index (χ2v) is 6.70. The number of nitrogens with one attached hydrogen (secondary N) is 2. The minimum absolute atomic E-state index is 0.0234. The summed E-state index contributed by atoms with van der Waals surface area (Å²) < 4.78 is 13.5. The van der Waals surface area contributed by atoms with Gasteiger partial charge in [0.2, 0.25) is 5.91 Å². The number of piperidine rings is 1. The Bertz CT molecular complexity index is 499. The lowest BCUT2D eigenvalue weighted by molar-refractivity contribution is -0.127. The van der Waals surface area contributed by atoms with Crippen molar-refractivity contribution in [3.8, 4) is 0 Å². The summed E-state index contributed by atoms with van der Waals surface area (Å²) in [5.41, 5.74) is 0.161. The fourth-order valence-electron chi connectivity index (χ4n) is 2.52. The third-order valence-corrected chi connectivity index (χ3v) is 4.69. The van der Waals surface area contributed by atoms with Crippen molar-refractivity contribution in [1.29, 1.82) is 0 Å². The van der Waals surface area contributed by atoms with Gasteiger partial charge in [-0.1, -0.05) is 13.8 Å². The number of halogens is 2. The van der Waals surface area contributed by atoms with E-state index >= 15 is 0 Å². The largest absolute Gasteiger partial charge is 0.326 e. The summed E-state index contributed by atoms with van der Waals surface area (Å²) in [5, 5.41) is 6.22. The van der Waals surface area contributed by atoms with Crippen molar-refractivity contribution in [2.45, 2.75) is 26.7 Å². The fourth-order valence-corrected chi connectivity index (χ4v) is 2.90. The lowest BCUT2D eigenvalue weighted by atomic mass is 9.74. The van der Waals surface area contributed by atoms with Crippen LogP contribution in [-0.2, 0) is 4.79 Å². The van der Waals surface area contributed by atoms with E-state index in [4.69, 9.17) is 0 Å². The maximum atomic E-state index is 13.2. The monoisotopic (exact) mass is 342 g/mol. The van der Waals surface area contributed by atoms with E-state index in [0.717, 1.165) is 25.9 Å². The van der Waals surface area contributed by atoms with Crippen molar-refractivity contribution in [2.24, 2.45) is 11.3 Å². The third-order valence-electron chi connectivity index (χ3n) is 4.08. The Morgan fingerprint density at radius 3 is 2.85 bits per heavy atom. The molecule has 1 saturated heterocycles. The van der Waals surface area contributed by atoms with Gasteiger partial charge in [0.05, 0.1) is 4.47 Å². The quantitative estimate of drug-likeness (QED) is 0.881. The highest BCUT2D eigenvalue weighted by atomic mass is 79.9. The highest BCUT2D eigenvalue weighted by molar-refractivity contribution is 9.10. The highest BCUT2D eigenvalue weighted by Crippen LogP contribution is 2.33. The maximum absolute atomic E-state index is 13.2. The summed E-state index contributed by atoms with van der Waals surface area (Å²) in [6.45, 7) is 5.84. The average Bonchev–Trinajstić information content (AvgIpc) is 2.44. The number of rotatable bonds is 3. The molecule has 0 spiro atoms. The third kappa shape index (κ3) is 3.38. The average molecular weight is 343 g/mol. The van der Waals surface area contributed by atoms with Crippen LogP contribution in [0.5, 0.6) is 0 Å². The van der Waals surface area contributed by atoms with Crippen LogP contribution in [0.4, 0.5) is 10.1 Å². The number of benzene rings is 1. The molecule has 1 aliphatic heterocycles. The normalized spacial score (nSPS) is 19.7. The molecule has 3 nitrogen and oxygen atoms in total. The van der Waals surface area contributed by atoms with Crippen LogP contribution in [0.15, 0.2) is 22.7 Å². The molecule has 1 heterocycles. The molecule has 1 amide bonds. The van der Waals surface area contributed by atoms with E-state index in [2.05, 4.69) is 26.6 Å². The molecule has 20 heavy (non-hydrogen) atoms. The Morgan fingerprint density at radius 1 is 1.50 bits per heavy atom. The van der Waals surface area contributed by atoms with Gasteiger partial charge in [0.25, 0.3) is 0 Å². The molecule has 0 radical (unpaired) electrons. The first kappa shape index (κ1) is 15.4. The summed E-state index contributed by atoms with van der Waals surface area (Å²) in [5.74, 6) is -0.0383. The van der Waals surface area contributed by atoms with E-state index in [-0.39, 0.29) is 11.7 Å². The van der Waals surface area contributed by atoms with Crippen molar-refractivity contribution in [3.63, 3.8) is 0 Å². The van der Waals surface area contributed by atoms with Crippen LogP contribution in [-0.4, -0.2) is 19.0 Å². The minimum Gasteiger partial charge on any atom is -0.326 e. The van der Waals surface area contributed by atoms with Crippen LogP contribution < -0.4 is 10.6 Å². The van der Waals surface area contributed by atoms with E-state index in [1.807, 2.05) is 13.8 Å². The number of hydrogen-bond donors (Lipinski definition) is 2. The SMILES string of the molecule is CC(C)(C(=O)Nc1ccc(F)c(Br)c1)C1CCCNC1. The zero-order chi connectivity index (χ0) is 14.8. The first-order valence-corrected chi connectivity index (χ1v) is 7.68. The summed E-state index contributed by atoms with van der Waals surface area (Å²) in [4.78, 5) is 12.5. The predicted octanol–water partition coefficient (Wildman–Crippen LogP) is 3.55. The smallest absolute Gasteiger partial charge is 0.230 e. The number of anilines is 1. The molecule has 1 aliphatic rings. The van der Waals surface area contributed by atoms with Crippen LogP contribution in [0.2, 0.25) is 0 Å². The van der Waals surface area contributed by atoms with Crippen LogP contribution in [0.3, 0.4) is 0 Å². The molecule has 0 aromatic heterocycles. The Hall–Kier alpha value is -0.940.